The van der Waals surface area contributed by atoms with Gasteiger partial charge in [-0.15, -0.1) is 5.11 Å². The predicted octanol–water partition coefficient (Wildman–Crippen LogP) is 2.63. The summed E-state index contributed by atoms with van der Waals surface area (Å²) >= 11 is 0. The predicted molar refractivity (Wildman–Crippen MR) is 66.1 cm³/mol. The number of nitrogens with one attached hydrogen (secondary N) is 1. The second kappa shape index (κ2) is 2.91. The number of fused-ring (bicyclic) bond motifs is 4. The Morgan fingerprint density at radius 1 is 1.24 bits per heavy atom. The number of rotatable bonds is 0. The maximum absolute atomic E-state index is 4.26. The Morgan fingerprint density at radius 3 is 3.18 bits per heavy atom. The Morgan fingerprint density at radius 2 is 2.18 bits per heavy atom. The molecule has 17 heavy (non-hydrogen) atoms. The largest absolute Gasteiger partial charge is 0.383 e. The molecule has 4 nitrogen and oxygen atoms in total. The van der Waals surface area contributed by atoms with Gasteiger partial charge in [-0.3, -0.25) is 0 Å². The molecule has 3 aliphatic heterocycles. The lowest BCUT2D eigenvalue weighted by Crippen LogP contribution is -2.32. The molecule has 4 rings (SSSR count). The zero-order valence-electron chi connectivity index (χ0n) is 9.09. The SMILES string of the molecule is C1=CC2(CNc3ccccc32)C2=CN=NC2=N1. The minimum atomic E-state index is -0.142. The van der Waals surface area contributed by atoms with Gasteiger partial charge in [0.2, 0.25) is 0 Å². The summed E-state index contributed by atoms with van der Waals surface area (Å²) in [7, 11) is 0. The number of hydrogen-bond acceptors (Lipinski definition) is 4. The van der Waals surface area contributed by atoms with Crippen LogP contribution in [0.25, 0.3) is 0 Å². The number of azo groups is 1. The standard InChI is InChI=1S/C13H10N4/c1-2-4-11-9(3-1)13(8-15-11)5-6-14-12-10(13)7-16-17-12/h1-7,15H,8H2. The fraction of sp³-hybridized carbons (Fsp3) is 0.154. The van der Waals surface area contributed by atoms with Crippen LogP contribution in [0.2, 0.25) is 0 Å². The lowest BCUT2D eigenvalue weighted by molar-refractivity contribution is 0.716. The molecule has 1 N–H and O–H groups in total. The van der Waals surface area contributed by atoms with Crippen molar-refractivity contribution < 1.29 is 0 Å². The molecule has 1 aromatic rings. The average Bonchev–Trinajstić information content (AvgIpc) is 2.97. The van der Waals surface area contributed by atoms with Crippen LogP contribution in [0.3, 0.4) is 0 Å². The molecule has 0 saturated heterocycles. The first-order valence-corrected chi connectivity index (χ1v) is 5.61. The number of hydrogen-bond donors (Lipinski definition) is 1. The van der Waals surface area contributed by atoms with Gasteiger partial charge in [0.25, 0.3) is 0 Å². The van der Waals surface area contributed by atoms with Crippen LogP contribution in [0.4, 0.5) is 5.69 Å². The second-order valence-corrected chi connectivity index (χ2v) is 4.40. The molecular weight excluding hydrogens is 212 g/mol. The van der Waals surface area contributed by atoms with Gasteiger partial charge < -0.3 is 5.32 Å². The molecule has 0 aromatic heterocycles. The highest BCUT2D eigenvalue weighted by molar-refractivity contribution is 6.05. The van der Waals surface area contributed by atoms with Crippen LogP contribution in [-0.4, -0.2) is 12.4 Å². The van der Waals surface area contributed by atoms with Gasteiger partial charge in [-0.1, -0.05) is 18.2 Å². The van der Waals surface area contributed by atoms with Crippen LogP contribution < -0.4 is 5.32 Å². The molecule has 1 atom stereocenters. The van der Waals surface area contributed by atoms with Crippen LogP contribution in [0.1, 0.15) is 5.56 Å². The van der Waals surface area contributed by atoms with E-state index >= 15 is 0 Å². The van der Waals surface area contributed by atoms with Gasteiger partial charge in [0.05, 0.1) is 11.6 Å². The quantitative estimate of drug-likeness (QED) is 0.720. The van der Waals surface area contributed by atoms with Gasteiger partial charge in [-0.25, -0.2) is 4.99 Å². The molecule has 0 saturated carbocycles. The fourth-order valence-corrected chi connectivity index (χ4v) is 2.73. The Hall–Kier alpha value is -2.23. The van der Waals surface area contributed by atoms with Gasteiger partial charge in [0.15, 0.2) is 5.84 Å². The van der Waals surface area contributed by atoms with Crippen molar-refractivity contribution in [3.8, 4) is 0 Å². The van der Waals surface area contributed by atoms with E-state index in [-0.39, 0.29) is 5.41 Å². The van der Waals surface area contributed by atoms with Gasteiger partial charge in [-0.2, -0.15) is 5.11 Å². The van der Waals surface area contributed by atoms with E-state index in [9.17, 15) is 0 Å². The molecular formula is C13H10N4. The number of para-hydroxylation sites is 1. The number of amidine groups is 1. The number of anilines is 1. The van der Waals surface area contributed by atoms with Crippen LogP contribution in [0, 0.1) is 0 Å². The molecule has 3 heterocycles. The number of aliphatic imine (C=N–C) groups is 1. The van der Waals surface area contributed by atoms with Crippen molar-refractivity contribution in [2.75, 3.05) is 11.9 Å². The summed E-state index contributed by atoms with van der Waals surface area (Å²) in [5, 5.41) is 11.5. The zero-order valence-corrected chi connectivity index (χ0v) is 9.09. The van der Waals surface area contributed by atoms with Crippen LogP contribution in [0.15, 0.2) is 63.5 Å². The summed E-state index contributed by atoms with van der Waals surface area (Å²) in [6.45, 7) is 0.846. The van der Waals surface area contributed by atoms with E-state index in [1.807, 2.05) is 18.5 Å². The molecule has 0 radical (unpaired) electrons. The molecule has 82 valence electrons. The lowest BCUT2D eigenvalue weighted by Gasteiger charge is -2.28. The summed E-state index contributed by atoms with van der Waals surface area (Å²) in [6.07, 6.45) is 5.80. The monoisotopic (exact) mass is 222 g/mol. The van der Waals surface area contributed by atoms with Crippen molar-refractivity contribution >= 4 is 11.5 Å². The molecule has 0 bridgehead atoms. The molecule has 4 heteroatoms. The summed E-state index contributed by atoms with van der Waals surface area (Å²) in [5.74, 6) is 0.742. The van der Waals surface area contributed by atoms with E-state index in [1.165, 1.54) is 11.3 Å². The van der Waals surface area contributed by atoms with Crippen LogP contribution >= 0.6 is 0 Å². The highest BCUT2D eigenvalue weighted by Crippen LogP contribution is 2.46. The number of benzene rings is 1. The molecule has 0 aliphatic carbocycles. The Labute approximate surface area is 98.5 Å². The van der Waals surface area contributed by atoms with E-state index in [0.717, 1.165) is 18.0 Å². The fourth-order valence-electron chi connectivity index (χ4n) is 2.73. The minimum absolute atomic E-state index is 0.142. The highest BCUT2D eigenvalue weighted by atomic mass is 15.2. The summed E-state index contributed by atoms with van der Waals surface area (Å²) < 4.78 is 0. The van der Waals surface area contributed by atoms with Crippen molar-refractivity contribution in [1.29, 1.82) is 0 Å². The van der Waals surface area contributed by atoms with E-state index in [4.69, 9.17) is 0 Å². The van der Waals surface area contributed by atoms with E-state index in [2.05, 4.69) is 44.8 Å². The lowest BCUT2D eigenvalue weighted by atomic mass is 9.74. The third-order valence-corrected chi connectivity index (χ3v) is 3.58. The van der Waals surface area contributed by atoms with Crippen molar-refractivity contribution in [3.05, 3.63) is 53.9 Å². The molecule has 0 amide bonds. The molecule has 0 fully saturated rings. The van der Waals surface area contributed by atoms with Gasteiger partial charge in [-0.05, 0) is 17.7 Å². The Balaban J connectivity index is 1.96. The van der Waals surface area contributed by atoms with E-state index in [1.54, 1.807) is 0 Å². The number of nitrogens with zero attached hydrogens (tertiary/aromatic N) is 3. The van der Waals surface area contributed by atoms with Crippen molar-refractivity contribution in [1.82, 2.24) is 0 Å². The van der Waals surface area contributed by atoms with Crippen molar-refractivity contribution in [2.24, 2.45) is 15.2 Å². The van der Waals surface area contributed by atoms with Crippen molar-refractivity contribution in [3.63, 3.8) is 0 Å². The Bertz CT molecular complexity index is 624. The van der Waals surface area contributed by atoms with Gasteiger partial charge in [0.1, 0.15) is 0 Å². The van der Waals surface area contributed by atoms with Gasteiger partial charge >= 0.3 is 0 Å². The van der Waals surface area contributed by atoms with Crippen molar-refractivity contribution in [2.45, 2.75) is 5.41 Å². The summed E-state index contributed by atoms with van der Waals surface area (Å²) in [6, 6.07) is 8.37. The molecule has 1 unspecified atom stereocenters. The third kappa shape index (κ3) is 0.996. The van der Waals surface area contributed by atoms with Crippen LogP contribution in [-0.2, 0) is 5.41 Å². The molecule has 3 aliphatic rings. The topological polar surface area (TPSA) is 49.1 Å². The van der Waals surface area contributed by atoms with E-state index in [0.29, 0.717) is 0 Å². The minimum Gasteiger partial charge on any atom is -0.383 e. The van der Waals surface area contributed by atoms with Crippen LogP contribution in [0.5, 0.6) is 0 Å². The molecule has 1 aromatic carbocycles. The average molecular weight is 222 g/mol. The Kier molecular flexibility index (Phi) is 1.52. The normalized spacial score (nSPS) is 27.5. The first-order valence-electron chi connectivity index (χ1n) is 5.61. The highest BCUT2D eigenvalue weighted by Gasteiger charge is 2.44. The third-order valence-electron chi connectivity index (χ3n) is 3.58. The summed E-state index contributed by atoms with van der Waals surface area (Å²) in [4.78, 5) is 4.26. The smallest absolute Gasteiger partial charge is 0.180 e. The molecule has 1 spiro atoms. The van der Waals surface area contributed by atoms with Gasteiger partial charge in [0, 0.05) is 24.0 Å². The maximum Gasteiger partial charge on any atom is 0.180 e. The first kappa shape index (κ1) is 8.87. The first-order chi connectivity index (χ1) is 8.40. The maximum atomic E-state index is 4.26. The summed E-state index contributed by atoms with van der Waals surface area (Å²) in [5.41, 5.74) is 3.42. The second-order valence-electron chi connectivity index (χ2n) is 4.40. The zero-order chi connectivity index (χ0) is 11.3. The van der Waals surface area contributed by atoms with E-state index < -0.39 is 0 Å².